The Morgan fingerprint density at radius 3 is 2.34 bits per heavy atom. The van der Waals surface area contributed by atoms with Crippen molar-refractivity contribution in [3.8, 4) is 11.5 Å². The maximum absolute atomic E-state index is 13.1. The first-order chi connectivity index (χ1) is 14.0. The zero-order valence-corrected chi connectivity index (χ0v) is 17.3. The van der Waals surface area contributed by atoms with Crippen molar-refractivity contribution in [3.63, 3.8) is 0 Å². The molecule has 3 rings (SSSR count). The van der Waals surface area contributed by atoms with Crippen LogP contribution in [-0.2, 0) is 11.3 Å². The highest BCUT2D eigenvalue weighted by atomic mass is 19.1. The van der Waals surface area contributed by atoms with Gasteiger partial charge in [0, 0.05) is 19.3 Å². The van der Waals surface area contributed by atoms with E-state index in [1.807, 2.05) is 37.4 Å². The number of nitrogens with zero attached hydrogens (tertiary/aromatic N) is 2. The van der Waals surface area contributed by atoms with E-state index >= 15 is 0 Å². The van der Waals surface area contributed by atoms with Crippen molar-refractivity contribution >= 4 is 11.6 Å². The van der Waals surface area contributed by atoms with Crippen LogP contribution < -0.4 is 19.3 Å². The Labute approximate surface area is 171 Å². The third-order valence-corrected chi connectivity index (χ3v) is 5.36. The van der Waals surface area contributed by atoms with E-state index in [9.17, 15) is 9.18 Å². The number of benzene rings is 2. The van der Waals surface area contributed by atoms with E-state index in [0.29, 0.717) is 24.6 Å². The fourth-order valence-electron chi connectivity index (χ4n) is 3.60. The highest BCUT2D eigenvalue weighted by molar-refractivity contribution is 5.76. The van der Waals surface area contributed by atoms with Crippen LogP contribution in [-0.4, -0.2) is 64.8 Å². The maximum atomic E-state index is 13.1. The molecule has 0 aliphatic carbocycles. The number of quaternary nitrogens is 1. The number of ether oxygens (including phenoxy) is 2. The number of rotatable bonds is 7. The molecule has 0 radical (unpaired) electrons. The molecule has 1 heterocycles. The summed E-state index contributed by atoms with van der Waals surface area (Å²) in [6.07, 6.45) is 0. The molecule has 0 unspecified atom stereocenters. The van der Waals surface area contributed by atoms with E-state index in [4.69, 9.17) is 9.47 Å². The van der Waals surface area contributed by atoms with Gasteiger partial charge in [-0.25, -0.2) is 4.39 Å². The molecule has 156 valence electrons. The predicted molar refractivity (Wildman–Crippen MR) is 110 cm³/mol. The van der Waals surface area contributed by atoms with Crippen LogP contribution in [0.25, 0.3) is 0 Å². The lowest BCUT2D eigenvalue weighted by molar-refractivity contribution is -0.892. The molecule has 6 nitrogen and oxygen atoms in total. The van der Waals surface area contributed by atoms with Gasteiger partial charge in [0.15, 0.2) is 18.0 Å². The van der Waals surface area contributed by atoms with Crippen LogP contribution in [0.5, 0.6) is 11.5 Å². The fraction of sp³-hybridized carbons (Fsp3) is 0.409. The molecular weight excluding hydrogens is 373 g/mol. The van der Waals surface area contributed by atoms with Gasteiger partial charge >= 0.3 is 0 Å². The second kappa shape index (κ2) is 9.60. The van der Waals surface area contributed by atoms with Gasteiger partial charge in [-0.1, -0.05) is 6.07 Å². The highest BCUT2D eigenvalue weighted by Gasteiger charge is 2.24. The van der Waals surface area contributed by atoms with Crippen molar-refractivity contribution in [2.24, 2.45) is 0 Å². The van der Waals surface area contributed by atoms with Gasteiger partial charge in [-0.2, -0.15) is 0 Å². The summed E-state index contributed by atoms with van der Waals surface area (Å²) in [6.45, 7) is 4.47. The number of hydrogen-bond donors (Lipinski definition) is 1. The number of hydrogen-bond acceptors (Lipinski definition) is 4. The summed E-state index contributed by atoms with van der Waals surface area (Å²) in [5.41, 5.74) is 2.02. The third-order valence-electron chi connectivity index (χ3n) is 5.36. The molecule has 0 spiro atoms. The molecule has 1 saturated heterocycles. The van der Waals surface area contributed by atoms with Crippen molar-refractivity contribution in [1.82, 2.24) is 4.90 Å². The van der Waals surface area contributed by atoms with Crippen molar-refractivity contribution in [2.45, 2.75) is 6.54 Å². The Balaban J connectivity index is 1.49. The Bertz CT molecular complexity index is 821. The molecule has 0 bridgehead atoms. The molecule has 0 saturated carbocycles. The lowest BCUT2D eigenvalue weighted by Gasteiger charge is -2.34. The first-order valence-corrected chi connectivity index (χ1v) is 9.79. The van der Waals surface area contributed by atoms with Crippen molar-refractivity contribution in [3.05, 3.63) is 53.8 Å². The van der Waals surface area contributed by atoms with Crippen molar-refractivity contribution < 1.29 is 23.6 Å². The quantitative estimate of drug-likeness (QED) is 0.756. The van der Waals surface area contributed by atoms with E-state index in [2.05, 4.69) is 4.90 Å². The van der Waals surface area contributed by atoms with Crippen LogP contribution in [0.1, 0.15) is 5.56 Å². The predicted octanol–water partition coefficient (Wildman–Crippen LogP) is 1.21. The van der Waals surface area contributed by atoms with Crippen molar-refractivity contribution in [2.75, 3.05) is 58.9 Å². The minimum Gasteiger partial charge on any atom is -0.493 e. The number of halogens is 1. The number of methoxy groups -OCH3 is 2. The monoisotopic (exact) mass is 402 g/mol. The van der Waals surface area contributed by atoms with Crippen LogP contribution >= 0.6 is 0 Å². The zero-order valence-electron chi connectivity index (χ0n) is 17.3. The zero-order chi connectivity index (χ0) is 20.8. The van der Waals surface area contributed by atoms with Crippen LogP contribution in [0.15, 0.2) is 42.5 Å². The van der Waals surface area contributed by atoms with E-state index in [1.54, 1.807) is 19.1 Å². The third kappa shape index (κ3) is 5.38. The van der Waals surface area contributed by atoms with Gasteiger partial charge in [0.1, 0.15) is 5.82 Å². The Morgan fingerprint density at radius 2 is 1.72 bits per heavy atom. The molecule has 1 fully saturated rings. The summed E-state index contributed by atoms with van der Waals surface area (Å²) in [4.78, 5) is 17.9. The van der Waals surface area contributed by atoms with Gasteiger partial charge in [-0.15, -0.1) is 0 Å². The molecule has 2 aromatic carbocycles. The van der Waals surface area contributed by atoms with Gasteiger partial charge < -0.3 is 24.2 Å². The fourth-order valence-corrected chi connectivity index (χ4v) is 3.60. The standard InChI is InChI=1S/C22H28FN3O3/c1-24(15-17-4-9-20(28-2)21(14-17)29-3)22(27)16-25-10-12-26(13-11-25)19-7-5-18(23)6-8-19/h4-9,14H,10-13,15-16H2,1-3H3/p+1. The molecule has 0 atom stereocenters. The number of piperazine rings is 1. The molecule has 1 amide bonds. The normalized spacial score (nSPS) is 14.6. The van der Waals surface area contributed by atoms with E-state index in [0.717, 1.165) is 37.4 Å². The lowest BCUT2D eigenvalue weighted by atomic mass is 10.2. The van der Waals surface area contributed by atoms with Crippen LogP contribution in [0.3, 0.4) is 0 Å². The minimum absolute atomic E-state index is 0.116. The lowest BCUT2D eigenvalue weighted by Crippen LogP contribution is -3.15. The molecule has 7 heteroatoms. The van der Waals surface area contributed by atoms with Gasteiger partial charge in [0.05, 0.1) is 40.4 Å². The highest BCUT2D eigenvalue weighted by Crippen LogP contribution is 2.27. The summed E-state index contributed by atoms with van der Waals surface area (Å²) in [7, 11) is 5.03. The van der Waals surface area contributed by atoms with E-state index < -0.39 is 0 Å². The number of carbonyl (C=O) groups excluding carboxylic acids is 1. The summed E-state index contributed by atoms with van der Waals surface area (Å²) < 4.78 is 23.7. The van der Waals surface area contributed by atoms with E-state index in [-0.39, 0.29) is 11.7 Å². The van der Waals surface area contributed by atoms with Gasteiger partial charge in [-0.05, 0) is 42.0 Å². The summed E-state index contributed by atoms with van der Waals surface area (Å²) in [5.74, 6) is 1.23. The number of likely N-dealkylation sites (N-methyl/N-ethyl adjacent to an activating group) is 1. The molecule has 29 heavy (non-hydrogen) atoms. The SMILES string of the molecule is COc1ccc(CN(C)C(=O)C[NH+]2CCN(c3ccc(F)cc3)CC2)cc1OC. The van der Waals surface area contributed by atoms with Crippen LogP contribution in [0.4, 0.5) is 10.1 Å². The summed E-state index contributed by atoms with van der Waals surface area (Å²) in [5, 5.41) is 0. The Morgan fingerprint density at radius 1 is 1.07 bits per heavy atom. The van der Waals surface area contributed by atoms with Gasteiger partial charge in [0.25, 0.3) is 5.91 Å². The summed E-state index contributed by atoms with van der Waals surface area (Å²) in [6, 6.07) is 12.3. The molecule has 1 aliphatic rings. The average Bonchev–Trinajstić information content (AvgIpc) is 2.74. The number of nitrogens with one attached hydrogen (secondary N) is 1. The number of carbonyl (C=O) groups is 1. The van der Waals surface area contributed by atoms with Crippen LogP contribution in [0.2, 0.25) is 0 Å². The number of amides is 1. The topological polar surface area (TPSA) is 46.5 Å². The maximum Gasteiger partial charge on any atom is 0.277 e. The second-order valence-electron chi connectivity index (χ2n) is 7.33. The van der Waals surface area contributed by atoms with Gasteiger partial charge in [0.2, 0.25) is 0 Å². The minimum atomic E-state index is -0.221. The van der Waals surface area contributed by atoms with Crippen molar-refractivity contribution in [1.29, 1.82) is 0 Å². The molecule has 2 aromatic rings. The van der Waals surface area contributed by atoms with E-state index in [1.165, 1.54) is 17.0 Å². The largest absolute Gasteiger partial charge is 0.493 e. The first kappa shape index (κ1) is 20.9. The molecule has 1 N–H and O–H groups in total. The Kier molecular flexibility index (Phi) is 6.93. The number of anilines is 1. The molecular formula is C22H29FN3O3+. The first-order valence-electron chi connectivity index (χ1n) is 9.79. The summed E-state index contributed by atoms with van der Waals surface area (Å²) >= 11 is 0. The second-order valence-corrected chi connectivity index (χ2v) is 7.33. The average molecular weight is 402 g/mol. The van der Waals surface area contributed by atoms with Crippen LogP contribution in [0, 0.1) is 5.82 Å². The smallest absolute Gasteiger partial charge is 0.277 e. The molecule has 1 aliphatic heterocycles. The molecule has 0 aromatic heterocycles. The van der Waals surface area contributed by atoms with Gasteiger partial charge in [-0.3, -0.25) is 4.79 Å². The Hall–Kier alpha value is -2.80.